The van der Waals surface area contributed by atoms with Gasteiger partial charge in [-0.15, -0.1) is 10.2 Å². The molecule has 1 heterocycles. The van der Waals surface area contributed by atoms with Gasteiger partial charge in [0, 0.05) is 27.0 Å². The van der Waals surface area contributed by atoms with Gasteiger partial charge in [-0.3, -0.25) is 9.36 Å². The fourth-order valence-corrected chi connectivity index (χ4v) is 4.24. The number of aryl methyl sites for hydroxylation is 1. The third kappa shape index (κ3) is 5.10. The lowest BCUT2D eigenvalue weighted by molar-refractivity contribution is -0.113. The van der Waals surface area contributed by atoms with E-state index in [2.05, 4.69) is 15.5 Å². The second-order valence-electron chi connectivity index (χ2n) is 6.78. The minimum Gasteiger partial charge on any atom is -0.325 e. The van der Waals surface area contributed by atoms with E-state index in [0.29, 0.717) is 21.0 Å². The Labute approximate surface area is 194 Å². The molecule has 4 rings (SSSR count). The fraction of sp³-hybridized carbons (Fsp3) is 0.0870. The zero-order valence-electron chi connectivity index (χ0n) is 16.5. The maximum Gasteiger partial charge on any atom is 0.234 e. The molecule has 1 N–H and O–H groups in total. The van der Waals surface area contributed by atoms with Gasteiger partial charge in [-0.1, -0.05) is 65.3 Å². The highest BCUT2D eigenvalue weighted by Gasteiger charge is 2.17. The Morgan fingerprint density at radius 2 is 1.74 bits per heavy atom. The van der Waals surface area contributed by atoms with Crippen LogP contribution in [0.3, 0.4) is 0 Å². The summed E-state index contributed by atoms with van der Waals surface area (Å²) in [4.78, 5) is 12.6. The van der Waals surface area contributed by atoms with Crippen molar-refractivity contribution >= 4 is 46.6 Å². The van der Waals surface area contributed by atoms with Gasteiger partial charge in [0.15, 0.2) is 11.0 Å². The summed E-state index contributed by atoms with van der Waals surface area (Å²) in [5.41, 5.74) is 3.39. The Bertz CT molecular complexity index is 1230. The van der Waals surface area contributed by atoms with Gasteiger partial charge in [0.05, 0.1) is 5.75 Å². The molecule has 0 aliphatic rings. The molecule has 156 valence electrons. The zero-order chi connectivity index (χ0) is 21.8. The van der Waals surface area contributed by atoms with Crippen LogP contribution < -0.4 is 5.32 Å². The number of para-hydroxylation sites is 1. The van der Waals surface area contributed by atoms with E-state index < -0.39 is 0 Å². The summed E-state index contributed by atoms with van der Waals surface area (Å²) in [6, 6.07) is 22.6. The predicted octanol–water partition coefficient (Wildman–Crippen LogP) is 6.28. The lowest BCUT2D eigenvalue weighted by Gasteiger charge is -2.11. The van der Waals surface area contributed by atoms with E-state index in [1.165, 1.54) is 11.8 Å². The summed E-state index contributed by atoms with van der Waals surface area (Å²) in [6.07, 6.45) is 0. The average Bonchev–Trinajstić information content (AvgIpc) is 3.19. The maximum absolute atomic E-state index is 12.6. The van der Waals surface area contributed by atoms with Crippen LogP contribution in [0, 0.1) is 6.92 Å². The number of amides is 1. The van der Waals surface area contributed by atoms with Crippen LogP contribution >= 0.6 is 35.0 Å². The Morgan fingerprint density at radius 1 is 0.968 bits per heavy atom. The van der Waals surface area contributed by atoms with E-state index in [4.69, 9.17) is 23.2 Å². The van der Waals surface area contributed by atoms with E-state index in [9.17, 15) is 4.79 Å². The molecule has 0 aliphatic carbocycles. The van der Waals surface area contributed by atoms with Gasteiger partial charge in [0.1, 0.15) is 0 Å². The van der Waals surface area contributed by atoms with E-state index in [0.717, 1.165) is 22.5 Å². The molecule has 1 amide bonds. The first-order valence-corrected chi connectivity index (χ1v) is 11.2. The number of anilines is 1. The largest absolute Gasteiger partial charge is 0.325 e. The van der Waals surface area contributed by atoms with E-state index in [1.807, 2.05) is 72.2 Å². The highest BCUT2D eigenvalue weighted by atomic mass is 35.5. The summed E-state index contributed by atoms with van der Waals surface area (Å²) >= 11 is 13.5. The number of halogens is 2. The summed E-state index contributed by atoms with van der Waals surface area (Å²) < 4.78 is 1.93. The summed E-state index contributed by atoms with van der Waals surface area (Å²) in [7, 11) is 0. The first-order valence-electron chi connectivity index (χ1n) is 9.47. The molecule has 1 aromatic heterocycles. The van der Waals surface area contributed by atoms with Crippen LogP contribution in [-0.4, -0.2) is 26.4 Å². The van der Waals surface area contributed by atoms with Crippen molar-refractivity contribution in [1.29, 1.82) is 0 Å². The molecule has 0 radical (unpaired) electrons. The molecule has 0 saturated heterocycles. The quantitative estimate of drug-likeness (QED) is 0.338. The van der Waals surface area contributed by atoms with Gasteiger partial charge in [-0.2, -0.15) is 0 Å². The van der Waals surface area contributed by atoms with Crippen molar-refractivity contribution in [2.75, 3.05) is 11.1 Å². The molecule has 5 nitrogen and oxygen atoms in total. The Balaban J connectivity index is 1.59. The summed E-state index contributed by atoms with van der Waals surface area (Å²) in [6.45, 7) is 1.90. The van der Waals surface area contributed by atoms with E-state index >= 15 is 0 Å². The van der Waals surface area contributed by atoms with Gasteiger partial charge >= 0.3 is 0 Å². The molecular formula is C23H18Cl2N4OS. The molecule has 0 unspecified atom stereocenters. The topological polar surface area (TPSA) is 59.8 Å². The van der Waals surface area contributed by atoms with Crippen molar-refractivity contribution in [3.05, 3.63) is 88.4 Å². The molecule has 0 aliphatic heterocycles. The number of benzene rings is 3. The second kappa shape index (κ2) is 9.56. The SMILES string of the molecule is Cc1cc(Cl)ccc1NC(=O)CSc1nnc(-c2cccc(Cl)c2)n1-c1ccccc1. The van der Waals surface area contributed by atoms with E-state index in [1.54, 1.807) is 12.1 Å². The second-order valence-corrected chi connectivity index (χ2v) is 8.60. The number of carbonyl (C=O) groups is 1. The normalized spacial score (nSPS) is 10.8. The van der Waals surface area contributed by atoms with Gasteiger partial charge < -0.3 is 5.32 Å². The fourth-order valence-electron chi connectivity index (χ4n) is 3.07. The third-order valence-corrected chi connectivity index (χ3v) is 5.92. The molecule has 8 heteroatoms. The van der Waals surface area contributed by atoms with Crippen LogP contribution in [0.15, 0.2) is 78.0 Å². The first-order chi connectivity index (χ1) is 15.0. The molecule has 31 heavy (non-hydrogen) atoms. The smallest absolute Gasteiger partial charge is 0.234 e. The van der Waals surface area contributed by atoms with Crippen LogP contribution in [0.2, 0.25) is 10.0 Å². The van der Waals surface area contributed by atoms with Crippen LogP contribution in [-0.2, 0) is 4.79 Å². The van der Waals surface area contributed by atoms with Crippen LogP contribution in [0.5, 0.6) is 0 Å². The molecular weight excluding hydrogens is 451 g/mol. The summed E-state index contributed by atoms with van der Waals surface area (Å²) in [5, 5.41) is 13.5. The van der Waals surface area contributed by atoms with Crippen molar-refractivity contribution in [3.63, 3.8) is 0 Å². The van der Waals surface area contributed by atoms with Gasteiger partial charge in [0.25, 0.3) is 0 Å². The molecule has 3 aromatic carbocycles. The summed E-state index contributed by atoms with van der Waals surface area (Å²) in [5.74, 6) is 0.704. The minimum absolute atomic E-state index is 0.137. The highest BCUT2D eigenvalue weighted by Crippen LogP contribution is 2.29. The molecule has 0 atom stereocenters. The standard InChI is InChI=1S/C23H18Cl2N4OS/c1-15-12-18(25)10-11-20(15)26-21(30)14-31-23-28-27-22(16-6-5-7-17(24)13-16)29(23)19-8-3-2-4-9-19/h2-13H,14H2,1H3,(H,26,30). The highest BCUT2D eigenvalue weighted by molar-refractivity contribution is 7.99. The number of aromatic nitrogens is 3. The van der Waals surface area contributed by atoms with Crippen LogP contribution in [0.1, 0.15) is 5.56 Å². The lowest BCUT2D eigenvalue weighted by Crippen LogP contribution is -2.15. The number of nitrogens with zero attached hydrogens (tertiary/aromatic N) is 3. The van der Waals surface area contributed by atoms with Crippen molar-refractivity contribution < 1.29 is 4.79 Å². The van der Waals surface area contributed by atoms with Crippen LogP contribution in [0.4, 0.5) is 5.69 Å². The third-order valence-electron chi connectivity index (χ3n) is 4.53. The Morgan fingerprint density at radius 3 is 2.48 bits per heavy atom. The molecule has 0 saturated carbocycles. The molecule has 0 bridgehead atoms. The number of rotatable bonds is 6. The van der Waals surface area contributed by atoms with Crippen molar-refractivity contribution in [3.8, 4) is 17.1 Å². The number of carbonyl (C=O) groups excluding carboxylic acids is 1. The lowest BCUT2D eigenvalue weighted by atomic mass is 10.2. The number of nitrogens with one attached hydrogen (secondary N) is 1. The maximum atomic E-state index is 12.6. The first kappa shape index (κ1) is 21.4. The van der Waals surface area contributed by atoms with E-state index in [-0.39, 0.29) is 11.7 Å². The Kier molecular flexibility index (Phi) is 6.61. The minimum atomic E-state index is -0.137. The number of thioether (sulfide) groups is 1. The number of hydrogen-bond acceptors (Lipinski definition) is 4. The molecule has 4 aromatic rings. The monoisotopic (exact) mass is 468 g/mol. The molecule has 0 spiro atoms. The van der Waals surface area contributed by atoms with Crippen LogP contribution in [0.25, 0.3) is 17.1 Å². The van der Waals surface area contributed by atoms with Gasteiger partial charge in [-0.25, -0.2) is 0 Å². The predicted molar refractivity (Wildman–Crippen MR) is 127 cm³/mol. The van der Waals surface area contributed by atoms with Gasteiger partial charge in [0.2, 0.25) is 5.91 Å². The number of hydrogen-bond donors (Lipinski definition) is 1. The average molecular weight is 469 g/mol. The van der Waals surface area contributed by atoms with Crippen molar-refractivity contribution in [2.24, 2.45) is 0 Å². The van der Waals surface area contributed by atoms with Gasteiger partial charge in [-0.05, 0) is 55.0 Å². The molecule has 0 fully saturated rings. The van der Waals surface area contributed by atoms with Crippen molar-refractivity contribution in [1.82, 2.24) is 14.8 Å². The van der Waals surface area contributed by atoms with Crippen molar-refractivity contribution in [2.45, 2.75) is 12.1 Å². The zero-order valence-corrected chi connectivity index (χ0v) is 18.9. The Hall–Kier alpha value is -2.80.